The summed E-state index contributed by atoms with van der Waals surface area (Å²) < 4.78 is 49.3. The lowest BCUT2D eigenvalue weighted by atomic mass is 10.0. The minimum atomic E-state index is -3.66. The van der Waals surface area contributed by atoms with E-state index >= 15 is 0 Å². The molecule has 7 nitrogen and oxygen atoms in total. The van der Waals surface area contributed by atoms with E-state index in [4.69, 9.17) is 21.3 Å². The van der Waals surface area contributed by atoms with Crippen LogP contribution >= 0.6 is 11.6 Å². The lowest BCUT2D eigenvalue weighted by Crippen LogP contribution is -2.41. The zero-order chi connectivity index (χ0) is 26.5. The molecule has 3 heterocycles. The van der Waals surface area contributed by atoms with Crippen molar-refractivity contribution in [3.63, 3.8) is 0 Å². The third kappa shape index (κ3) is 5.28. The minimum absolute atomic E-state index is 0.145. The Morgan fingerprint density at radius 2 is 1.89 bits per heavy atom. The zero-order valence-electron chi connectivity index (χ0n) is 21.5. The first-order valence-electron chi connectivity index (χ1n) is 11.8. The summed E-state index contributed by atoms with van der Waals surface area (Å²) in [7, 11) is -4.94. The van der Waals surface area contributed by atoms with E-state index in [1.54, 1.807) is 16.7 Å². The maximum atomic E-state index is 13.6. The van der Waals surface area contributed by atoms with E-state index in [2.05, 4.69) is 24.6 Å². The van der Waals surface area contributed by atoms with Crippen molar-refractivity contribution in [3.05, 3.63) is 53.1 Å². The van der Waals surface area contributed by atoms with Crippen molar-refractivity contribution < 1.29 is 17.5 Å². The van der Waals surface area contributed by atoms with Crippen LogP contribution in [-0.4, -0.2) is 47.5 Å². The lowest BCUT2D eigenvalue weighted by molar-refractivity contribution is 0.0884. The number of sulfonamides is 1. The zero-order valence-corrected chi connectivity index (χ0v) is 24.0. The molecule has 0 atom stereocenters. The van der Waals surface area contributed by atoms with Gasteiger partial charge in [0.2, 0.25) is 10.0 Å². The van der Waals surface area contributed by atoms with E-state index in [-0.39, 0.29) is 18.2 Å². The second-order valence-electron chi connectivity index (χ2n) is 11.2. The van der Waals surface area contributed by atoms with Gasteiger partial charge in [-0.15, -0.1) is 0 Å². The Hall–Kier alpha value is -2.11. The Balaban J connectivity index is 1.80. The summed E-state index contributed by atoms with van der Waals surface area (Å²) in [6, 6.07) is 8.99. The molecule has 0 bridgehead atoms. The fourth-order valence-electron chi connectivity index (χ4n) is 4.10. The van der Waals surface area contributed by atoms with E-state index in [0.717, 1.165) is 12.2 Å². The Morgan fingerprint density at radius 1 is 1.17 bits per heavy atom. The standard InChI is InChI=1S/C25H32ClFN4O3SSi/c1-25(2,3)31-15-19-18(8-7-9-21(19)35(31,32)33)22-23(26)30(16-34-12-13-36(4,5)6)24(29-22)20-11-10-17(27)14-28-20/h7-11,14H,12-13,15-16H2,1-6H3. The molecule has 0 spiro atoms. The molecule has 194 valence electrons. The lowest BCUT2D eigenvalue weighted by Gasteiger charge is -2.29. The van der Waals surface area contributed by atoms with E-state index in [1.165, 1.54) is 16.4 Å². The van der Waals surface area contributed by atoms with Crippen LogP contribution in [0.15, 0.2) is 41.4 Å². The molecule has 0 fully saturated rings. The average molecular weight is 551 g/mol. The molecule has 0 aliphatic carbocycles. The Kier molecular flexibility index (Phi) is 7.22. The summed E-state index contributed by atoms with van der Waals surface area (Å²) in [5.41, 5.74) is 1.57. The quantitative estimate of drug-likeness (QED) is 0.265. The predicted octanol–water partition coefficient (Wildman–Crippen LogP) is 6.02. The first-order chi connectivity index (χ1) is 16.7. The highest BCUT2D eigenvalue weighted by Gasteiger charge is 2.42. The second kappa shape index (κ2) is 9.64. The second-order valence-corrected chi connectivity index (χ2v) is 19.0. The van der Waals surface area contributed by atoms with Crippen molar-refractivity contribution in [3.8, 4) is 22.8 Å². The van der Waals surface area contributed by atoms with Crippen LogP contribution in [0, 0.1) is 5.82 Å². The molecule has 4 rings (SSSR count). The van der Waals surface area contributed by atoms with Crippen molar-refractivity contribution >= 4 is 29.7 Å². The fraction of sp³-hybridized carbons (Fsp3) is 0.440. The number of aromatic nitrogens is 3. The molecule has 11 heteroatoms. The van der Waals surface area contributed by atoms with Crippen LogP contribution in [0.3, 0.4) is 0 Å². The highest BCUT2D eigenvalue weighted by atomic mass is 35.5. The molecule has 1 aromatic carbocycles. The summed E-state index contributed by atoms with van der Waals surface area (Å²) in [6.07, 6.45) is 1.13. The van der Waals surface area contributed by atoms with Gasteiger partial charge in [-0.1, -0.05) is 43.4 Å². The van der Waals surface area contributed by atoms with Crippen molar-refractivity contribution in [1.82, 2.24) is 18.8 Å². The molecular weight excluding hydrogens is 519 g/mol. The average Bonchev–Trinajstić information content (AvgIpc) is 3.25. The van der Waals surface area contributed by atoms with Gasteiger partial charge in [0.15, 0.2) is 5.82 Å². The molecule has 1 aliphatic heterocycles. The Morgan fingerprint density at radius 3 is 2.50 bits per heavy atom. The SMILES string of the molecule is CC(C)(C)N1Cc2c(-c3nc(-c4ccc(F)cn4)n(COCC[Si](C)(C)C)c3Cl)cccc2S1(=O)=O. The number of hydrogen-bond acceptors (Lipinski definition) is 5. The molecule has 0 saturated carbocycles. The van der Waals surface area contributed by atoms with Gasteiger partial charge in [-0.3, -0.25) is 4.57 Å². The van der Waals surface area contributed by atoms with Gasteiger partial charge in [0, 0.05) is 32.3 Å². The highest BCUT2D eigenvalue weighted by molar-refractivity contribution is 7.89. The largest absolute Gasteiger partial charge is 0.361 e. The molecule has 0 amide bonds. The molecule has 2 aromatic heterocycles. The van der Waals surface area contributed by atoms with Crippen LogP contribution in [0.2, 0.25) is 30.8 Å². The number of rotatable bonds is 7. The van der Waals surface area contributed by atoms with Gasteiger partial charge in [-0.05, 0) is 50.6 Å². The number of pyridine rings is 1. The Bertz CT molecular complexity index is 1380. The van der Waals surface area contributed by atoms with Gasteiger partial charge >= 0.3 is 0 Å². The fourth-order valence-corrected chi connectivity index (χ4v) is 7.12. The van der Waals surface area contributed by atoms with E-state index in [9.17, 15) is 12.8 Å². The van der Waals surface area contributed by atoms with E-state index in [0.29, 0.717) is 40.1 Å². The van der Waals surface area contributed by atoms with Crippen LogP contribution in [0.5, 0.6) is 0 Å². The number of nitrogens with zero attached hydrogens (tertiary/aromatic N) is 4. The molecule has 0 saturated heterocycles. The van der Waals surface area contributed by atoms with Crippen LogP contribution in [0.25, 0.3) is 22.8 Å². The molecule has 1 aliphatic rings. The molecule has 0 unspecified atom stereocenters. The van der Waals surface area contributed by atoms with Gasteiger partial charge in [0.25, 0.3) is 0 Å². The van der Waals surface area contributed by atoms with Crippen molar-refractivity contribution in [2.75, 3.05) is 6.61 Å². The third-order valence-electron chi connectivity index (χ3n) is 6.09. The normalized spacial score (nSPS) is 15.9. The maximum Gasteiger partial charge on any atom is 0.244 e. The monoisotopic (exact) mass is 550 g/mol. The molecule has 0 N–H and O–H groups in total. The van der Waals surface area contributed by atoms with Gasteiger partial charge in [0.1, 0.15) is 29.1 Å². The van der Waals surface area contributed by atoms with Gasteiger partial charge < -0.3 is 4.74 Å². The van der Waals surface area contributed by atoms with Crippen LogP contribution in [0.4, 0.5) is 4.39 Å². The number of fused-ring (bicyclic) bond motifs is 1. The third-order valence-corrected chi connectivity index (χ3v) is 10.4. The summed E-state index contributed by atoms with van der Waals surface area (Å²) >= 11 is 6.88. The number of ether oxygens (including phenoxy) is 1. The number of hydrogen-bond donors (Lipinski definition) is 0. The summed E-state index contributed by atoms with van der Waals surface area (Å²) in [6.45, 7) is 13.4. The minimum Gasteiger partial charge on any atom is -0.361 e. The summed E-state index contributed by atoms with van der Waals surface area (Å²) in [5.74, 6) is -0.0305. The van der Waals surface area contributed by atoms with Gasteiger partial charge in [-0.25, -0.2) is 22.8 Å². The van der Waals surface area contributed by atoms with E-state index in [1.807, 2.05) is 26.8 Å². The van der Waals surface area contributed by atoms with Crippen LogP contribution in [0.1, 0.15) is 26.3 Å². The van der Waals surface area contributed by atoms with Crippen molar-refractivity contribution in [2.24, 2.45) is 0 Å². The van der Waals surface area contributed by atoms with Crippen LogP contribution < -0.4 is 0 Å². The summed E-state index contributed by atoms with van der Waals surface area (Å²) in [4.78, 5) is 9.23. The number of halogens is 2. The van der Waals surface area contributed by atoms with Gasteiger partial charge in [-0.2, -0.15) is 4.31 Å². The van der Waals surface area contributed by atoms with Crippen LogP contribution in [-0.2, 0) is 28.0 Å². The smallest absolute Gasteiger partial charge is 0.244 e. The molecule has 0 radical (unpaired) electrons. The van der Waals surface area contributed by atoms with Gasteiger partial charge in [0.05, 0.1) is 11.1 Å². The molecular formula is C25H32ClFN4O3SSi. The first-order valence-corrected chi connectivity index (χ1v) is 17.3. The predicted molar refractivity (Wildman–Crippen MR) is 142 cm³/mol. The summed E-state index contributed by atoms with van der Waals surface area (Å²) in [5, 5.41) is 0.309. The number of benzene rings is 1. The molecule has 3 aromatic rings. The topological polar surface area (TPSA) is 77.3 Å². The first kappa shape index (κ1) is 26.9. The number of imidazole rings is 1. The molecule has 36 heavy (non-hydrogen) atoms. The van der Waals surface area contributed by atoms with Crippen molar-refractivity contribution in [2.45, 2.75) is 70.2 Å². The maximum absolute atomic E-state index is 13.6. The Labute approximate surface area is 218 Å². The van der Waals surface area contributed by atoms with Crippen molar-refractivity contribution in [1.29, 1.82) is 0 Å². The highest BCUT2D eigenvalue weighted by Crippen LogP contribution is 2.42. The van der Waals surface area contributed by atoms with E-state index < -0.39 is 29.5 Å².